The van der Waals surface area contributed by atoms with Gasteiger partial charge in [0.2, 0.25) is 0 Å². The highest BCUT2D eigenvalue weighted by Gasteiger charge is 2.04. The van der Waals surface area contributed by atoms with Crippen LogP contribution in [0.15, 0.2) is 48.5 Å². The number of nitrogens with one attached hydrogen (secondary N) is 2. The molecule has 0 aliphatic rings. The minimum atomic E-state index is -0.449. The van der Waals surface area contributed by atoms with E-state index in [4.69, 9.17) is 4.74 Å². The number of anilines is 1. The van der Waals surface area contributed by atoms with Gasteiger partial charge in [0.1, 0.15) is 11.6 Å². The molecule has 0 aliphatic heterocycles. The molecule has 4 nitrogen and oxygen atoms in total. The van der Waals surface area contributed by atoms with Gasteiger partial charge in [-0.2, -0.15) is 0 Å². The minimum absolute atomic E-state index is 0.0398. The topological polar surface area (TPSA) is 50.4 Å². The third-order valence-electron chi connectivity index (χ3n) is 2.90. The number of carbonyl (C=O) groups excluding carboxylic acids is 1. The smallest absolute Gasteiger partial charge is 0.321 e. The van der Waals surface area contributed by atoms with Crippen LogP contribution in [0.3, 0.4) is 0 Å². The van der Waals surface area contributed by atoms with Gasteiger partial charge >= 0.3 is 6.03 Å². The van der Waals surface area contributed by atoms with Gasteiger partial charge in [-0.25, -0.2) is 9.18 Å². The zero-order valence-electron chi connectivity index (χ0n) is 11.7. The molecule has 0 heterocycles. The number of ether oxygens (including phenoxy) is 1. The molecule has 2 N–H and O–H groups in total. The van der Waals surface area contributed by atoms with Crippen LogP contribution in [0.25, 0.3) is 0 Å². The summed E-state index contributed by atoms with van der Waals surface area (Å²) < 4.78 is 18.5. The number of carbonyl (C=O) groups is 1. The van der Waals surface area contributed by atoms with Gasteiger partial charge in [0.05, 0.1) is 0 Å². The van der Waals surface area contributed by atoms with Crippen LogP contribution < -0.4 is 15.4 Å². The quantitative estimate of drug-likeness (QED) is 0.827. The molecule has 2 amide bonds. The number of urea groups is 1. The highest BCUT2D eigenvalue weighted by Crippen LogP contribution is 2.17. The Labute approximate surface area is 122 Å². The van der Waals surface area contributed by atoms with Crippen molar-refractivity contribution in [3.05, 3.63) is 59.9 Å². The summed E-state index contributed by atoms with van der Waals surface area (Å²) in [5.41, 5.74) is 1.46. The highest BCUT2D eigenvalue weighted by atomic mass is 19.1. The van der Waals surface area contributed by atoms with Crippen molar-refractivity contribution in [3.8, 4) is 5.75 Å². The second-order valence-corrected chi connectivity index (χ2v) is 4.39. The monoisotopic (exact) mass is 288 g/mol. The molecule has 2 aromatic carbocycles. The van der Waals surface area contributed by atoms with E-state index in [0.717, 1.165) is 17.7 Å². The summed E-state index contributed by atoms with van der Waals surface area (Å²) in [4.78, 5) is 11.6. The maximum Gasteiger partial charge on any atom is 0.321 e. The number of hydrogen-bond acceptors (Lipinski definition) is 2. The van der Waals surface area contributed by atoms with E-state index in [0.29, 0.717) is 5.69 Å². The Morgan fingerprint density at radius 3 is 2.76 bits per heavy atom. The molecule has 0 unspecified atom stereocenters. The predicted octanol–water partition coefficient (Wildman–Crippen LogP) is 3.55. The standard InChI is InChI=1S/C16H17FN2O2/c1-2-12-6-3-4-9-15(12)21-11-18-16(20)19-14-8-5-7-13(17)10-14/h3-10H,2,11H2,1H3,(H2,18,19,20). The van der Waals surface area contributed by atoms with Gasteiger partial charge in [-0.05, 0) is 36.2 Å². The van der Waals surface area contributed by atoms with E-state index in [1.807, 2.05) is 31.2 Å². The molecule has 5 heteroatoms. The van der Waals surface area contributed by atoms with Gasteiger partial charge < -0.3 is 15.4 Å². The number of rotatable bonds is 5. The van der Waals surface area contributed by atoms with Crippen LogP contribution in [0.1, 0.15) is 12.5 Å². The molecule has 0 atom stereocenters. The molecule has 21 heavy (non-hydrogen) atoms. The molecular formula is C16H17FN2O2. The van der Waals surface area contributed by atoms with E-state index in [2.05, 4.69) is 10.6 Å². The summed E-state index contributed by atoms with van der Waals surface area (Å²) in [5.74, 6) is 0.340. The van der Waals surface area contributed by atoms with Gasteiger partial charge in [-0.3, -0.25) is 0 Å². The lowest BCUT2D eigenvalue weighted by molar-refractivity contribution is 0.234. The Balaban J connectivity index is 1.82. The van der Waals surface area contributed by atoms with E-state index in [9.17, 15) is 9.18 Å². The summed E-state index contributed by atoms with van der Waals surface area (Å²) >= 11 is 0. The zero-order valence-corrected chi connectivity index (χ0v) is 11.7. The van der Waals surface area contributed by atoms with Gasteiger partial charge in [-0.15, -0.1) is 0 Å². The number of amides is 2. The molecule has 0 aliphatic carbocycles. The van der Waals surface area contributed by atoms with E-state index < -0.39 is 11.8 Å². The third-order valence-corrected chi connectivity index (χ3v) is 2.90. The molecule has 0 radical (unpaired) electrons. The summed E-state index contributed by atoms with van der Waals surface area (Å²) in [7, 11) is 0. The Kier molecular flexibility index (Phi) is 5.15. The average molecular weight is 288 g/mol. The number of aryl methyl sites for hydroxylation is 1. The van der Waals surface area contributed by atoms with Crippen molar-refractivity contribution in [1.82, 2.24) is 5.32 Å². The van der Waals surface area contributed by atoms with Crippen LogP contribution in [0.2, 0.25) is 0 Å². The van der Waals surface area contributed by atoms with Crippen LogP contribution in [0.5, 0.6) is 5.75 Å². The first-order valence-electron chi connectivity index (χ1n) is 6.70. The lowest BCUT2D eigenvalue weighted by Crippen LogP contribution is -2.32. The van der Waals surface area contributed by atoms with Gasteiger partial charge in [0.15, 0.2) is 6.73 Å². The number of benzene rings is 2. The normalized spacial score (nSPS) is 10.0. The number of para-hydroxylation sites is 1. The summed E-state index contributed by atoms with van der Waals surface area (Å²) in [6, 6.07) is 12.9. The fraction of sp³-hybridized carbons (Fsp3) is 0.188. The van der Waals surface area contributed by atoms with Crippen molar-refractivity contribution in [2.45, 2.75) is 13.3 Å². The summed E-state index contributed by atoms with van der Waals surface area (Å²) in [5, 5.41) is 5.08. The second kappa shape index (κ2) is 7.28. The lowest BCUT2D eigenvalue weighted by Gasteiger charge is -2.11. The molecule has 0 saturated carbocycles. The molecule has 0 bridgehead atoms. The Bertz CT molecular complexity index is 617. The average Bonchev–Trinajstić information content (AvgIpc) is 2.47. The van der Waals surface area contributed by atoms with Crippen LogP contribution >= 0.6 is 0 Å². The van der Waals surface area contributed by atoms with Crippen molar-refractivity contribution in [2.24, 2.45) is 0 Å². The molecule has 2 rings (SSSR count). The molecule has 0 saturated heterocycles. The van der Waals surface area contributed by atoms with Crippen molar-refractivity contribution in [2.75, 3.05) is 12.0 Å². The Hall–Kier alpha value is -2.56. The molecule has 2 aromatic rings. The second-order valence-electron chi connectivity index (χ2n) is 4.39. The van der Waals surface area contributed by atoms with Gasteiger partial charge in [0.25, 0.3) is 0 Å². The largest absolute Gasteiger partial charge is 0.473 e. The minimum Gasteiger partial charge on any atom is -0.473 e. The van der Waals surface area contributed by atoms with Gasteiger partial charge in [-0.1, -0.05) is 31.2 Å². The van der Waals surface area contributed by atoms with E-state index in [1.165, 1.54) is 18.2 Å². The first-order chi connectivity index (χ1) is 10.2. The van der Waals surface area contributed by atoms with Crippen molar-refractivity contribution in [1.29, 1.82) is 0 Å². The molecule has 0 spiro atoms. The predicted molar refractivity (Wildman–Crippen MR) is 79.9 cm³/mol. The maximum absolute atomic E-state index is 13.0. The third kappa shape index (κ3) is 4.49. The molecule has 0 aromatic heterocycles. The molecule has 0 fully saturated rings. The lowest BCUT2D eigenvalue weighted by atomic mass is 10.1. The SMILES string of the molecule is CCc1ccccc1OCNC(=O)Nc1cccc(F)c1. The van der Waals surface area contributed by atoms with Crippen molar-refractivity contribution in [3.63, 3.8) is 0 Å². The van der Waals surface area contributed by atoms with Crippen LogP contribution in [-0.4, -0.2) is 12.8 Å². The molecular weight excluding hydrogens is 271 g/mol. The maximum atomic E-state index is 13.0. The Morgan fingerprint density at radius 1 is 1.19 bits per heavy atom. The number of hydrogen-bond donors (Lipinski definition) is 2. The van der Waals surface area contributed by atoms with E-state index in [-0.39, 0.29) is 6.73 Å². The number of halogens is 1. The fourth-order valence-electron chi connectivity index (χ4n) is 1.86. The first kappa shape index (κ1) is 14.8. The van der Waals surface area contributed by atoms with Crippen LogP contribution in [0.4, 0.5) is 14.9 Å². The van der Waals surface area contributed by atoms with Gasteiger partial charge in [0, 0.05) is 5.69 Å². The summed E-state index contributed by atoms with van der Waals surface area (Å²) in [6.45, 7) is 2.07. The van der Waals surface area contributed by atoms with Crippen molar-refractivity contribution >= 4 is 11.7 Å². The van der Waals surface area contributed by atoms with E-state index >= 15 is 0 Å². The first-order valence-corrected chi connectivity index (χ1v) is 6.70. The Morgan fingerprint density at radius 2 is 2.00 bits per heavy atom. The van der Waals surface area contributed by atoms with E-state index in [1.54, 1.807) is 6.07 Å². The zero-order chi connectivity index (χ0) is 15.1. The van der Waals surface area contributed by atoms with Crippen LogP contribution in [-0.2, 0) is 6.42 Å². The fourth-order valence-corrected chi connectivity index (χ4v) is 1.86. The molecule has 110 valence electrons. The van der Waals surface area contributed by atoms with Crippen LogP contribution in [0, 0.1) is 5.82 Å². The highest BCUT2D eigenvalue weighted by molar-refractivity contribution is 5.89. The van der Waals surface area contributed by atoms with Crippen molar-refractivity contribution < 1.29 is 13.9 Å². The summed E-state index contributed by atoms with van der Waals surface area (Å²) in [6.07, 6.45) is 0.853.